The second-order valence-electron chi connectivity index (χ2n) is 11.6. The van der Waals surface area contributed by atoms with Gasteiger partial charge in [-0.1, -0.05) is 32.4 Å². The predicted molar refractivity (Wildman–Crippen MR) is 156 cm³/mol. The molecule has 214 valence electrons. The molecule has 0 spiro atoms. The van der Waals surface area contributed by atoms with E-state index in [1.807, 2.05) is 0 Å². The topological polar surface area (TPSA) is 107 Å². The number of methoxy groups -OCH3 is 1. The van der Waals surface area contributed by atoms with E-state index in [4.69, 9.17) is 21.1 Å². The standard InChI is InChI=1S/C32H33ClN2O6/c1-31(2,3)29(37)26-24(16-32(4,5)30(38)39)27(28(36)19-7-9-20(33)10-8-19)35-14-13-22(15-25(26)35)41-18-21-11-12-23(40-6)17-34-21/h7-15,17H,16,18H2,1-6H3,(H,38,39). The van der Waals surface area contributed by atoms with Gasteiger partial charge < -0.3 is 19.0 Å². The molecule has 0 radical (unpaired) electrons. The average Bonchev–Trinajstić information content (AvgIpc) is 3.23. The number of carboxylic acids is 1. The number of fused-ring (bicyclic) bond motifs is 1. The van der Waals surface area contributed by atoms with E-state index in [0.717, 1.165) is 0 Å². The number of hydrogen-bond donors (Lipinski definition) is 1. The van der Waals surface area contributed by atoms with E-state index >= 15 is 0 Å². The summed E-state index contributed by atoms with van der Waals surface area (Å²) < 4.78 is 12.8. The molecular weight excluding hydrogens is 544 g/mol. The van der Waals surface area contributed by atoms with Crippen molar-refractivity contribution in [3.05, 3.63) is 94.0 Å². The first-order valence-corrected chi connectivity index (χ1v) is 13.5. The molecule has 3 aromatic heterocycles. The number of nitrogens with zero attached hydrogens (tertiary/aromatic N) is 2. The fraction of sp³-hybridized carbons (Fsp3) is 0.312. The molecule has 1 N–H and O–H groups in total. The Kier molecular flexibility index (Phi) is 8.27. The number of carbonyl (C=O) groups is 3. The quantitative estimate of drug-likeness (QED) is 0.210. The fourth-order valence-electron chi connectivity index (χ4n) is 4.45. The van der Waals surface area contributed by atoms with Gasteiger partial charge in [0.1, 0.15) is 18.1 Å². The number of Topliss-reactive ketones (excluding diaryl/α,β-unsaturated/α-hetero) is 1. The summed E-state index contributed by atoms with van der Waals surface area (Å²) in [6, 6.07) is 13.4. The van der Waals surface area contributed by atoms with Gasteiger partial charge in [0.25, 0.3) is 0 Å². The highest BCUT2D eigenvalue weighted by Crippen LogP contribution is 2.37. The van der Waals surface area contributed by atoms with Crippen LogP contribution < -0.4 is 9.47 Å². The molecule has 1 aromatic carbocycles. The van der Waals surface area contributed by atoms with Crippen LogP contribution in [0.2, 0.25) is 5.02 Å². The predicted octanol–water partition coefficient (Wildman–Crippen LogP) is 6.69. The van der Waals surface area contributed by atoms with Gasteiger partial charge in [0, 0.05) is 33.8 Å². The van der Waals surface area contributed by atoms with Crippen LogP contribution >= 0.6 is 11.6 Å². The van der Waals surface area contributed by atoms with Crippen molar-refractivity contribution in [3.63, 3.8) is 0 Å². The summed E-state index contributed by atoms with van der Waals surface area (Å²) in [7, 11) is 1.56. The Morgan fingerprint density at radius 2 is 1.66 bits per heavy atom. The number of carboxylic acid groups (broad SMARTS) is 1. The smallest absolute Gasteiger partial charge is 0.309 e. The number of ketones is 2. The van der Waals surface area contributed by atoms with E-state index in [2.05, 4.69) is 4.98 Å². The first-order valence-electron chi connectivity index (χ1n) is 13.1. The minimum Gasteiger partial charge on any atom is -0.495 e. The molecule has 0 aliphatic heterocycles. The third-order valence-electron chi connectivity index (χ3n) is 6.86. The summed E-state index contributed by atoms with van der Waals surface area (Å²) in [6.07, 6.45) is 3.23. The van der Waals surface area contributed by atoms with Crippen LogP contribution in [0.3, 0.4) is 0 Å². The molecular formula is C32H33ClN2O6. The van der Waals surface area contributed by atoms with E-state index < -0.39 is 16.8 Å². The number of halogens is 1. The van der Waals surface area contributed by atoms with Crippen molar-refractivity contribution in [3.8, 4) is 11.5 Å². The molecule has 3 heterocycles. The summed E-state index contributed by atoms with van der Waals surface area (Å²) in [4.78, 5) is 44.5. The maximum absolute atomic E-state index is 14.0. The summed E-state index contributed by atoms with van der Waals surface area (Å²) >= 11 is 6.06. The Morgan fingerprint density at radius 1 is 0.976 bits per heavy atom. The highest BCUT2D eigenvalue weighted by molar-refractivity contribution is 6.30. The normalized spacial score (nSPS) is 11.9. The highest BCUT2D eigenvalue weighted by Gasteiger charge is 2.37. The molecule has 8 nitrogen and oxygen atoms in total. The Labute approximate surface area is 243 Å². The van der Waals surface area contributed by atoms with Gasteiger partial charge in [-0.25, -0.2) is 0 Å². The largest absolute Gasteiger partial charge is 0.495 e. The summed E-state index contributed by atoms with van der Waals surface area (Å²) in [5, 5.41) is 10.5. The van der Waals surface area contributed by atoms with Crippen molar-refractivity contribution >= 4 is 34.7 Å². The lowest BCUT2D eigenvalue weighted by Gasteiger charge is -2.22. The molecule has 41 heavy (non-hydrogen) atoms. The van der Waals surface area contributed by atoms with E-state index in [-0.39, 0.29) is 30.3 Å². The van der Waals surface area contributed by atoms with Crippen molar-refractivity contribution < 1.29 is 29.0 Å². The number of aliphatic carboxylic acids is 1. The van der Waals surface area contributed by atoms with Gasteiger partial charge >= 0.3 is 5.97 Å². The zero-order chi connectivity index (χ0) is 30.1. The van der Waals surface area contributed by atoms with Gasteiger partial charge in [-0.05, 0) is 68.3 Å². The van der Waals surface area contributed by atoms with Crippen molar-refractivity contribution in [1.29, 1.82) is 0 Å². The number of aromatic nitrogens is 2. The van der Waals surface area contributed by atoms with Crippen LogP contribution in [0.4, 0.5) is 0 Å². The lowest BCUT2D eigenvalue weighted by Crippen LogP contribution is -2.29. The van der Waals surface area contributed by atoms with Gasteiger partial charge in [-0.15, -0.1) is 0 Å². The summed E-state index contributed by atoms with van der Waals surface area (Å²) in [6.45, 7) is 8.70. The molecule has 0 aliphatic rings. The molecule has 0 atom stereocenters. The number of ether oxygens (including phenoxy) is 2. The van der Waals surface area contributed by atoms with Crippen LogP contribution in [-0.2, 0) is 17.8 Å². The van der Waals surface area contributed by atoms with Gasteiger partial charge in [0.15, 0.2) is 5.78 Å². The molecule has 0 amide bonds. The minimum atomic E-state index is -1.26. The number of carbonyl (C=O) groups excluding carboxylic acids is 2. The van der Waals surface area contributed by atoms with E-state index in [1.54, 1.807) is 107 Å². The van der Waals surface area contributed by atoms with Crippen LogP contribution in [0.25, 0.3) is 5.52 Å². The first kappa shape index (κ1) is 29.8. The van der Waals surface area contributed by atoms with Crippen LogP contribution in [0, 0.1) is 10.8 Å². The summed E-state index contributed by atoms with van der Waals surface area (Å²) in [5.41, 5.74) is 0.341. The van der Waals surface area contributed by atoms with E-state index in [1.165, 1.54) is 0 Å². The van der Waals surface area contributed by atoms with Crippen molar-refractivity contribution in [2.75, 3.05) is 7.11 Å². The number of hydrogen-bond acceptors (Lipinski definition) is 6. The molecule has 0 aliphatic carbocycles. The molecule has 9 heteroatoms. The molecule has 0 unspecified atom stereocenters. The van der Waals surface area contributed by atoms with Gasteiger partial charge in [-0.2, -0.15) is 0 Å². The second-order valence-corrected chi connectivity index (χ2v) is 12.0. The maximum atomic E-state index is 14.0. The Bertz CT molecular complexity index is 1610. The average molecular weight is 577 g/mol. The van der Waals surface area contributed by atoms with Gasteiger partial charge in [-0.3, -0.25) is 19.4 Å². The Morgan fingerprint density at radius 3 is 2.22 bits per heavy atom. The molecule has 0 saturated heterocycles. The third kappa shape index (κ3) is 6.28. The maximum Gasteiger partial charge on any atom is 0.309 e. The minimum absolute atomic E-state index is 0.0399. The summed E-state index contributed by atoms with van der Waals surface area (Å²) in [5.74, 6) is -0.511. The first-order chi connectivity index (χ1) is 19.2. The van der Waals surface area contributed by atoms with Crippen LogP contribution in [0.5, 0.6) is 11.5 Å². The Hall–Kier alpha value is -4.17. The lowest BCUT2D eigenvalue weighted by molar-refractivity contribution is -0.146. The van der Waals surface area contributed by atoms with Gasteiger partial charge in [0.05, 0.1) is 35.6 Å². The van der Waals surface area contributed by atoms with Crippen LogP contribution in [0.15, 0.2) is 60.9 Å². The van der Waals surface area contributed by atoms with Gasteiger partial charge in [0.2, 0.25) is 5.78 Å². The molecule has 0 saturated carbocycles. The number of rotatable bonds is 10. The SMILES string of the molecule is COc1ccc(COc2ccn3c(C(=O)c4ccc(Cl)cc4)c(CC(C)(C)C(=O)O)c(C(=O)C(C)(C)C)c3c2)nc1. The van der Waals surface area contributed by atoms with Crippen molar-refractivity contribution in [2.24, 2.45) is 10.8 Å². The zero-order valence-corrected chi connectivity index (χ0v) is 24.7. The third-order valence-corrected chi connectivity index (χ3v) is 7.11. The molecule has 0 bridgehead atoms. The molecule has 0 fully saturated rings. The van der Waals surface area contributed by atoms with Crippen molar-refractivity contribution in [2.45, 2.75) is 47.6 Å². The molecule has 4 aromatic rings. The fourth-order valence-corrected chi connectivity index (χ4v) is 4.58. The highest BCUT2D eigenvalue weighted by atomic mass is 35.5. The van der Waals surface area contributed by atoms with Crippen LogP contribution in [0.1, 0.15) is 72.3 Å². The monoisotopic (exact) mass is 576 g/mol. The van der Waals surface area contributed by atoms with Crippen LogP contribution in [-0.4, -0.2) is 39.1 Å². The van der Waals surface area contributed by atoms with E-state index in [9.17, 15) is 19.5 Å². The molecule has 4 rings (SSSR count). The number of pyridine rings is 2. The zero-order valence-electron chi connectivity index (χ0n) is 23.9. The Balaban J connectivity index is 1.92. The number of benzene rings is 1. The van der Waals surface area contributed by atoms with Crippen molar-refractivity contribution in [1.82, 2.24) is 9.38 Å². The lowest BCUT2D eigenvalue weighted by atomic mass is 9.79. The van der Waals surface area contributed by atoms with E-state index in [0.29, 0.717) is 44.4 Å². The second kappa shape index (κ2) is 11.4.